The van der Waals surface area contributed by atoms with Crippen LogP contribution < -0.4 is 10.6 Å². The smallest absolute Gasteiger partial charge is 0.353 e. The zero-order chi connectivity index (χ0) is 28.6. The van der Waals surface area contributed by atoms with Crippen molar-refractivity contribution in [2.75, 3.05) is 0 Å². The number of nitrogens with one attached hydrogen (secondary N) is 2. The minimum absolute atomic E-state index is 0.0351. The SMILES string of the molecule is Cc1ccc(C(NC(=O)C2CC[C@H]3[C@@H]4CCC5NC(=O)CC[C@]5(C)[C@@H]4CC[C@]23C)(C(F)(F)F)C(F)(F)F)cc1. The summed E-state index contributed by atoms with van der Waals surface area (Å²) in [4.78, 5) is 25.6. The molecule has 3 saturated carbocycles. The summed E-state index contributed by atoms with van der Waals surface area (Å²) >= 11 is 0. The predicted octanol–water partition coefficient (Wildman–Crippen LogP) is 6.57. The highest BCUT2D eigenvalue weighted by atomic mass is 19.4. The van der Waals surface area contributed by atoms with Gasteiger partial charge in [-0.2, -0.15) is 26.3 Å². The molecule has 4 fully saturated rings. The molecule has 2 amide bonds. The van der Waals surface area contributed by atoms with Gasteiger partial charge in [0, 0.05) is 18.4 Å². The second-order valence-corrected chi connectivity index (χ2v) is 12.9. The number of hydrogen-bond donors (Lipinski definition) is 2. The Morgan fingerprint density at radius 1 is 0.872 bits per heavy atom. The monoisotopic (exact) mass is 558 g/mol. The molecule has 5 rings (SSSR count). The van der Waals surface area contributed by atoms with Crippen molar-refractivity contribution in [3.63, 3.8) is 0 Å². The van der Waals surface area contributed by atoms with Crippen LogP contribution in [-0.4, -0.2) is 30.2 Å². The topological polar surface area (TPSA) is 58.2 Å². The molecule has 216 valence electrons. The third kappa shape index (κ3) is 4.17. The lowest BCUT2D eigenvalue weighted by Crippen LogP contribution is -2.66. The van der Waals surface area contributed by atoms with Crippen LogP contribution in [0.2, 0.25) is 0 Å². The molecule has 1 heterocycles. The highest BCUT2D eigenvalue weighted by molar-refractivity contribution is 5.81. The van der Waals surface area contributed by atoms with Crippen molar-refractivity contribution in [3.8, 4) is 0 Å². The van der Waals surface area contributed by atoms with Crippen LogP contribution in [0.1, 0.15) is 76.3 Å². The molecule has 1 aromatic carbocycles. The number of fused-ring (bicyclic) bond motifs is 5. The first-order valence-corrected chi connectivity index (χ1v) is 13.9. The normalized spacial score (nSPS) is 36.8. The lowest BCUT2D eigenvalue weighted by Gasteiger charge is -2.60. The number of aryl methyl sites for hydroxylation is 1. The fourth-order valence-electron chi connectivity index (χ4n) is 8.91. The van der Waals surface area contributed by atoms with Gasteiger partial charge in [0.15, 0.2) is 0 Å². The highest BCUT2D eigenvalue weighted by Gasteiger charge is 2.73. The number of piperidine rings is 1. The molecule has 1 saturated heterocycles. The molecule has 1 aromatic rings. The number of halogens is 6. The lowest BCUT2D eigenvalue weighted by atomic mass is 9.47. The first-order valence-electron chi connectivity index (χ1n) is 13.9. The van der Waals surface area contributed by atoms with Gasteiger partial charge in [-0.3, -0.25) is 9.59 Å². The van der Waals surface area contributed by atoms with Crippen molar-refractivity contribution in [1.29, 1.82) is 0 Å². The Balaban J connectivity index is 1.44. The molecule has 0 bridgehead atoms. The summed E-state index contributed by atoms with van der Waals surface area (Å²) in [5, 5.41) is 4.68. The molecular weight excluding hydrogens is 522 g/mol. The number of rotatable bonds is 3. The molecule has 3 aliphatic carbocycles. The van der Waals surface area contributed by atoms with Gasteiger partial charge in [0.25, 0.3) is 5.54 Å². The summed E-state index contributed by atoms with van der Waals surface area (Å²) in [6.45, 7) is 5.66. The quantitative estimate of drug-likeness (QED) is 0.413. The Hall–Kier alpha value is -2.26. The first kappa shape index (κ1) is 28.3. The van der Waals surface area contributed by atoms with Crippen molar-refractivity contribution >= 4 is 11.8 Å². The standard InChI is InChI=1S/C29H36F6N2O2/c1-16-4-6-17(7-5-16)27(28(30,31)32,29(33,34)35)37-24(39)21-10-9-19-18-8-11-22-26(3,15-13-23(38)36-22)20(18)12-14-25(19,21)2/h4-7,18-22H,8-15H2,1-3H3,(H,36,38)(H,37,39)/t18-,19-,20+,21?,22?,25-,26+/m0/s1. The molecule has 1 aliphatic heterocycles. The molecule has 39 heavy (non-hydrogen) atoms. The third-order valence-corrected chi connectivity index (χ3v) is 11.1. The minimum Gasteiger partial charge on any atom is -0.353 e. The Labute approximate surface area is 224 Å². The van der Waals surface area contributed by atoms with Crippen LogP contribution in [0.5, 0.6) is 0 Å². The highest BCUT2D eigenvalue weighted by Crippen LogP contribution is 2.66. The van der Waals surface area contributed by atoms with E-state index in [1.807, 2.05) is 6.92 Å². The molecule has 0 aromatic heterocycles. The average molecular weight is 559 g/mol. The van der Waals surface area contributed by atoms with Crippen LogP contribution in [0.4, 0.5) is 26.3 Å². The van der Waals surface area contributed by atoms with E-state index >= 15 is 0 Å². The van der Waals surface area contributed by atoms with E-state index in [1.54, 1.807) is 6.92 Å². The number of carbonyl (C=O) groups is 2. The number of benzene rings is 1. The van der Waals surface area contributed by atoms with Gasteiger partial charge in [-0.1, -0.05) is 43.7 Å². The van der Waals surface area contributed by atoms with Crippen molar-refractivity contribution in [2.45, 2.75) is 96.1 Å². The fourth-order valence-corrected chi connectivity index (χ4v) is 8.91. The van der Waals surface area contributed by atoms with E-state index in [4.69, 9.17) is 0 Å². The van der Waals surface area contributed by atoms with Crippen LogP contribution in [-0.2, 0) is 15.1 Å². The summed E-state index contributed by atoms with van der Waals surface area (Å²) in [7, 11) is 0. The molecule has 2 N–H and O–H groups in total. The zero-order valence-corrected chi connectivity index (χ0v) is 22.4. The van der Waals surface area contributed by atoms with Crippen LogP contribution >= 0.6 is 0 Å². The maximum absolute atomic E-state index is 14.4. The molecule has 7 atom stereocenters. The van der Waals surface area contributed by atoms with Crippen LogP contribution in [0.3, 0.4) is 0 Å². The number of alkyl halides is 6. The van der Waals surface area contributed by atoms with E-state index in [9.17, 15) is 35.9 Å². The Morgan fingerprint density at radius 2 is 1.49 bits per heavy atom. The molecule has 0 spiro atoms. The van der Waals surface area contributed by atoms with E-state index in [0.29, 0.717) is 30.7 Å². The number of amides is 2. The van der Waals surface area contributed by atoms with Gasteiger partial charge in [-0.05, 0) is 86.0 Å². The molecule has 2 unspecified atom stereocenters. The predicted molar refractivity (Wildman–Crippen MR) is 132 cm³/mol. The van der Waals surface area contributed by atoms with E-state index in [-0.39, 0.29) is 35.6 Å². The zero-order valence-electron chi connectivity index (χ0n) is 22.4. The van der Waals surface area contributed by atoms with E-state index in [0.717, 1.165) is 37.8 Å². The fraction of sp³-hybridized carbons (Fsp3) is 0.724. The molecule has 4 nitrogen and oxygen atoms in total. The summed E-state index contributed by atoms with van der Waals surface area (Å²) in [6.07, 6.45) is -6.59. The van der Waals surface area contributed by atoms with Gasteiger partial charge in [0.1, 0.15) is 0 Å². The molecular formula is C29H36F6N2O2. The molecule has 10 heteroatoms. The maximum atomic E-state index is 14.4. The Kier molecular flexibility index (Phi) is 6.62. The minimum atomic E-state index is -5.80. The van der Waals surface area contributed by atoms with Crippen molar-refractivity contribution < 1.29 is 35.9 Å². The van der Waals surface area contributed by atoms with Crippen molar-refractivity contribution in [3.05, 3.63) is 35.4 Å². The van der Waals surface area contributed by atoms with Gasteiger partial charge in [0.05, 0.1) is 0 Å². The summed E-state index contributed by atoms with van der Waals surface area (Å²) in [5.41, 5.74) is -5.82. The van der Waals surface area contributed by atoms with Crippen LogP contribution in [0, 0.1) is 41.4 Å². The summed E-state index contributed by atoms with van der Waals surface area (Å²) in [5.74, 6) is -1.51. The van der Waals surface area contributed by atoms with Gasteiger partial charge in [-0.25, -0.2) is 0 Å². The Morgan fingerprint density at radius 3 is 2.10 bits per heavy atom. The Bertz CT molecular complexity index is 1120. The maximum Gasteiger partial charge on any atom is 0.424 e. The number of hydrogen-bond acceptors (Lipinski definition) is 2. The second-order valence-electron chi connectivity index (χ2n) is 12.9. The number of carbonyl (C=O) groups excluding carboxylic acids is 2. The van der Waals surface area contributed by atoms with Crippen LogP contribution in [0.25, 0.3) is 0 Å². The first-order chi connectivity index (χ1) is 18.0. The summed E-state index contributed by atoms with van der Waals surface area (Å²) < 4.78 is 86.5. The van der Waals surface area contributed by atoms with Crippen molar-refractivity contribution in [1.82, 2.24) is 10.6 Å². The average Bonchev–Trinajstić information content (AvgIpc) is 3.19. The van der Waals surface area contributed by atoms with Crippen molar-refractivity contribution in [2.24, 2.45) is 34.5 Å². The van der Waals surface area contributed by atoms with Gasteiger partial charge < -0.3 is 10.6 Å². The van der Waals surface area contributed by atoms with E-state index < -0.39 is 40.7 Å². The van der Waals surface area contributed by atoms with Gasteiger partial charge in [-0.15, -0.1) is 0 Å². The third-order valence-electron chi connectivity index (χ3n) is 11.1. The second kappa shape index (κ2) is 9.13. The van der Waals surface area contributed by atoms with E-state index in [1.165, 1.54) is 17.4 Å². The largest absolute Gasteiger partial charge is 0.424 e. The molecule has 4 aliphatic rings. The van der Waals surface area contributed by atoms with Gasteiger partial charge in [0.2, 0.25) is 11.8 Å². The van der Waals surface area contributed by atoms with E-state index in [2.05, 4.69) is 12.2 Å². The molecule has 0 radical (unpaired) electrons. The summed E-state index contributed by atoms with van der Waals surface area (Å²) in [6, 6.07) is 4.05. The lowest BCUT2D eigenvalue weighted by molar-refractivity contribution is -0.312. The van der Waals surface area contributed by atoms with Gasteiger partial charge >= 0.3 is 12.4 Å². The van der Waals surface area contributed by atoms with Crippen LogP contribution in [0.15, 0.2) is 24.3 Å².